The van der Waals surface area contributed by atoms with Crippen LogP contribution in [0.5, 0.6) is 0 Å². The molecule has 2 heterocycles. The fourth-order valence-electron chi connectivity index (χ4n) is 2.21. The highest BCUT2D eigenvalue weighted by atomic mass is 32.2. The molecule has 0 aromatic carbocycles. The Balaban J connectivity index is 2.38. The van der Waals surface area contributed by atoms with Gasteiger partial charge in [-0.2, -0.15) is 0 Å². The first kappa shape index (κ1) is 16.2. The molecule has 0 radical (unpaired) electrons. The predicted molar refractivity (Wildman–Crippen MR) is 85.6 cm³/mol. The van der Waals surface area contributed by atoms with Crippen LogP contribution >= 0.6 is 11.3 Å². The minimum atomic E-state index is -3.64. The Kier molecular flexibility index (Phi) is 4.87. The van der Waals surface area contributed by atoms with Gasteiger partial charge in [0.15, 0.2) is 15.8 Å². The lowest BCUT2D eigenvalue weighted by atomic mass is 10.3. The van der Waals surface area contributed by atoms with E-state index in [4.69, 9.17) is 0 Å². The largest absolute Gasteiger partial charge is 0.368 e. The molecule has 0 aliphatic carbocycles. The van der Waals surface area contributed by atoms with E-state index in [2.05, 4.69) is 15.0 Å². The lowest BCUT2D eigenvalue weighted by Gasteiger charge is -2.18. The lowest BCUT2D eigenvalue weighted by molar-refractivity contribution is 0.370. The number of likely N-dealkylation sites (N-methyl/N-ethyl adjacent to an activating group) is 1. The molecule has 0 fully saturated rings. The van der Waals surface area contributed by atoms with Crippen LogP contribution in [0, 0.1) is 0 Å². The number of fused-ring (bicyclic) bond motifs is 1. The monoisotopic (exact) mass is 331 g/mol. The number of nitrogens with one attached hydrogen (secondary N) is 2. The second-order valence-corrected chi connectivity index (χ2v) is 7.64. The number of rotatable bonds is 7. The molecule has 21 heavy (non-hydrogen) atoms. The maximum Gasteiger partial charge on any atom is 0.260 e. The Labute approximate surface area is 129 Å². The fraction of sp³-hybridized carbons (Fsp3) is 0.583. The van der Waals surface area contributed by atoms with Gasteiger partial charge in [-0.3, -0.25) is 4.40 Å². The van der Waals surface area contributed by atoms with Crippen LogP contribution in [-0.2, 0) is 10.0 Å². The summed E-state index contributed by atoms with van der Waals surface area (Å²) in [6, 6.07) is -0.191. The third-order valence-electron chi connectivity index (χ3n) is 2.81. The third kappa shape index (κ3) is 3.54. The summed E-state index contributed by atoms with van der Waals surface area (Å²) in [6.45, 7) is 4.99. The van der Waals surface area contributed by atoms with Crippen LogP contribution in [0.25, 0.3) is 4.96 Å². The number of imidazole rings is 1. The lowest BCUT2D eigenvalue weighted by Crippen LogP contribution is -2.40. The summed E-state index contributed by atoms with van der Waals surface area (Å²) >= 11 is 1.41. The predicted octanol–water partition coefficient (Wildman–Crippen LogP) is 1.06. The number of nitrogens with zero attached hydrogens (tertiary/aromatic N) is 3. The van der Waals surface area contributed by atoms with E-state index in [-0.39, 0.29) is 11.1 Å². The fourth-order valence-corrected chi connectivity index (χ4v) is 4.48. The van der Waals surface area contributed by atoms with Crippen LogP contribution in [-0.4, -0.2) is 55.9 Å². The number of hydrogen-bond acceptors (Lipinski definition) is 6. The molecule has 0 bridgehead atoms. The summed E-state index contributed by atoms with van der Waals surface area (Å²) in [4.78, 5) is 6.94. The number of sulfonamides is 1. The van der Waals surface area contributed by atoms with E-state index in [1.54, 1.807) is 10.6 Å². The summed E-state index contributed by atoms with van der Waals surface area (Å²) < 4.78 is 29.6. The molecule has 2 aromatic heterocycles. The minimum absolute atomic E-state index is 0.172. The molecule has 0 saturated carbocycles. The molecule has 0 amide bonds. The Morgan fingerprint density at radius 1 is 1.48 bits per heavy atom. The smallest absolute Gasteiger partial charge is 0.260 e. The van der Waals surface area contributed by atoms with Crippen molar-refractivity contribution in [3.8, 4) is 0 Å². The van der Waals surface area contributed by atoms with Gasteiger partial charge in [0.1, 0.15) is 0 Å². The summed E-state index contributed by atoms with van der Waals surface area (Å²) in [5.74, 6) is 0.397. The maximum atomic E-state index is 12.7. The molecule has 9 heteroatoms. The normalized spacial score (nSPS) is 14.0. The molecule has 0 spiro atoms. The van der Waals surface area contributed by atoms with Crippen molar-refractivity contribution in [2.75, 3.05) is 32.5 Å². The second kappa shape index (κ2) is 6.30. The van der Waals surface area contributed by atoms with E-state index >= 15 is 0 Å². The van der Waals surface area contributed by atoms with Gasteiger partial charge in [-0.15, -0.1) is 11.3 Å². The van der Waals surface area contributed by atoms with Crippen molar-refractivity contribution in [3.63, 3.8) is 0 Å². The van der Waals surface area contributed by atoms with Crippen LogP contribution in [0.15, 0.2) is 16.6 Å². The number of anilines is 1. The first-order chi connectivity index (χ1) is 9.85. The van der Waals surface area contributed by atoms with Gasteiger partial charge < -0.3 is 10.2 Å². The Bertz CT molecular complexity index is 704. The first-order valence-corrected chi connectivity index (χ1v) is 9.08. The molecular formula is C12H21N5O2S2. The van der Waals surface area contributed by atoms with Gasteiger partial charge in [0.05, 0.1) is 0 Å². The van der Waals surface area contributed by atoms with Gasteiger partial charge in [-0.25, -0.2) is 18.1 Å². The van der Waals surface area contributed by atoms with Crippen LogP contribution < -0.4 is 10.0 Å². The van der Waals surface area contributed by atoms with Crippen molar-refractivity contribution in [2.45, 2.75) is 24.9 Å². The molecule has 0 aliphatic heterocycles. The van der Waals surface area contributed by atoms with Crippen molar-refractivity contribution in [1.82, 2.24) is 19.0 Å². The van der Waals surface area contributed by atoms with Gasteiger partial charge in [-0.1, -0.05) is 0 Å². The van der Waals surface area contributed by atoms with Crippen molar-refractivity contribution >= 4 is 32.1 Å². The number of thiazole rings is 1. The van der Waals surface area contributed by atoms with Gasteiger partial charge >= 0.3 is 0 Å². The Morgan fingerprint density at radius 2 is 2.19 bits per heavy atom. The van der Waals surface area contributed by atoms with Gasteiger partial charge in [-0.05, 0) is 27.9 Å². The summed E-state index contributed by atoms with van der Waals surface area (Å²) in [5.41, 5.74) is 0. The topological polar surface area (TPSA) is 78.7 Å². The van der Waals surface area contributed by atoms with E-state index in [0.717, 1.165) is 0 Å². The van der Waals surface area contributed by atoms with Crippen LogP contribution in [0.1, 0.15) is 13.8 Å². The van der Waals surface area contributed by atoms with Crippen LogP contribution in [0.4, 0.5) is 5.82 Å². The number of hydrogen-bond donors (Lipinski definition) is 2. The zero-order valence-electron chi connectivity index (χ0n) is 12.6. The molecule has 0 aliphatic rings. The van der Waals surface area contributed by atoms with Gasteiger partial charge in [0.25, 0.3) is 10.0 Å². The summed E-state index contributed by atoms with van der Waals surface area (Å²) in [6.07, 6.45) is 1.72. The zero-order chi connectivity index (χ0) is 15.6. The quantitative estimate of drug-likeness (QED) is 0.793. The standard InChI is InChI=1S/C12H21N5O2S2/c1-5-13-10-11(17-6-7-20-12(17)14-10)21(18,19)15-9(2)8-16(3)4/h6-7,9,13,15H,5,8H2,1-4H3. The SMILES string of the molecule is CCNc1nc2sccn2c1S(=O)(=O)NC(C)CN(C)C. The van der Waals surface area contributed by atoms with E-state index in [0.29, 0.717) is 23.9 Å². The molecule has 1 atom stereocenters. The van der Waals surface area contributed by atoms with Crippen molar-refractivity contribution < 1.29 is 8.42 Å². The summed E-state index contributed by atoms with van der Waals surface area (Å²) in [5, 5.41) is 5.01. The Morgan fingerprint density at radius 3 is 2.81 bits per heavy atom. The molecular weight excluding hydrogens is 310 g/mol. The molecule has 2 aromatic rings. The molecule has 2 rings (SSSR count). The van der Waals surface area contributed by atoms with E-state index in [1.807, 2.05) is 38.2 Å². The van der Waals surface area contributed by atoms with E-state index in [1.165, 1.54) is 11.3 Å². The molecule has 2 N–H and O–H groups in total. The van der Waals surface area contributed by atoms with Crippen molar-refractivity contribution in [2.24, 2.45) is 0 Å². The highest BCUT2D eigenvalue weighted by Gasteiger charge is 2.27. The number of aromatic nitrogens is 2. The summed E-state index contributed by atoms with van der Waals surface area (Å²) in [7, 11) is 0.172. The molecule has 1 unspecified atom stereocenters. The first-order valence-electron chi connectivity index (χ1n) is 6.71. The maximum absolute atomic E-state index is 12.7. The minimum Gasteiger partial charge on any atom is -0.368 e. The van der Waals surface area contributed by atoms with E-state index < -0.39 is 10.0 Å². The molecule has 0 saturated heterocycles. The van der Waals surface area contributed by atoms with E-state index in [9.17, 15) is 8.42 Å². The highest BCUT2D eigenvalue weighted by molar-refractivity contribution is 7.89. The third-order valence-corrected chi connectivity index (χ3v) is 5.18. The van der Waals surface area contributed by atoms with Gasteiger partial charge in [0, 0.05) is 30.7 Å². The highest BCUT2D eigenvalue weighted by Crippen LogP contribution is 2.25. The average molecular weight is 331 g/mol. The van der Waals surface area contributed by atoms with Crippen molar-refractivity contribution in [1.29, 1.82) is 0 Å². The van der Waals surface area contributed by atoms with Crippen LogP contribution in [0.2, 0.25) is 0 Å². The van der Waals surface area contributed by atoms with Crippen molar-refractivity contribution in [3.05, 3.63) is 11.6 Å². The second-order valence-electron chi connectivity index (χ2n) is 5.14. The Hall–Kier alpha value is -1.16. The van der Waals surface area contributed by atoms with Crippen LogP contribution in [0.3, 0.4) is 0 Å². The zero-order valence-corrected chi connectivity index (χ0v) is 14.3. The van der Waals surface area contributed by atoms with Gasteiger partial charge in [0.2, 0.25) is 0 Å². The molecule has 7 nitrogen and oxygen atoms in total. The molecule has 118 valence electrons. The average Bonchev–Trinajstić information content (AvgIpc) is 2.86.